The van der Waals surface area contributed by atoms with Crippen molar-refractivity contribution in [2.75, 3.05) is 13.2 Å². The number of hydrogen-bond donors (Lipinski definition) is 1. The van der Waals surface area contributed by atoms with Gasteiger partial charge in [-0.05, 0) is 51.2 Å². The normalized spacial score (nSPS) is 12.3. The van der Waals surface area contributed by atoms with Gasteiger partial charge in [-0.25, -0.2) is 0 Å². The van der Waals surface area contributed by atoms with E-state index in [1.54, 1.807) is 0 Å². The number of carbonyl (C=O) groups excluding carboxylic acids is 1. The molecule has 3 nitrogen and oxygen atoms in total. The molecule has 1 aromatic rings. The molecule has 0 aliphatic heterocycles. The van der Waals surface area contributed by atoms with Crippen LogP contribution in [-0.4, -0.2) is 24.7 Å². The first-order valence-corrected chi connectivity index (χ1v) is 8.08. The second kappa shape index (κ2) is 7.77. The highest BCUT2D eigenvalue weighted by Gasteiger charge is 2.20. The number of carbonyl (C=O) groups is 1. The fraction of sp³-hybridized carbons (Fsp3) is 0.632. The quantitative estimate of drug-likeness (QED) is 0.813. The molecule has 124 valence electrons. The number of hydrogen-bond acceptors (Lipinski definition) is 2. The van der Waals surface area contributed by atoms with E-state index in [1.807, 2.05) is 31.2 Å². The van der Waals surface area contributed by atoms with Crippen LogP contribution in [0.25, 0.3) is 0 Å². The monoisotopic (exact) mass is 305 g/mol. The summed E-state index contributed by atoms with van der Waals surface area (Å²) in [5, 5.41) is 2.96. The summed E-state index contributed by atoms with van der Waals surface area (Å²) in [7, 11) is 0. The smallest absolute Gasteiger partial charge is 0.251 e. The minimum absolute atomic E-state index is 0.0227. The van der Waals surface area contributed by atoms with Crippen molar-refractivity contribution in [3.05, 3.63) is 35.4 Å². The molecule has 0 bridgehead atoms. The largest absolute Gasteiger partial charge is 0.375 e. The SMILES string of the molecule is Cc1ccc(C(=O)NCCC(C)(C)OCCC(C)(C)C)cc1. The Hall–Kier alpha value is -1.35. The maximum atomic E-state index is 12.0. The first kappa shape index (κ1) is 18.7. The van der Waals surface area contributed by atoms with Crippen LogP contribution in [0, 0.1) is 12.3 Å². The van der Waals surface area contributed by atoms with E-state index in [1.165, 1.54) is 0 Å². The van der Waals surface area contributed by atoms with E-state index in [9.17, 15) is 4.79 Å². The van der Waals surface area contributed by atoms with Crippen molar-refractivity contribution in [3.8, 4) is 0 Å². The van der Waals surface area contributed by atoms with E-state index in [2.05, 4.69) is 39.9 Å². The van der Waals surface area contributed by atoms with Gasteiger partial charge in [0.25, 0.3) is 5.91 Å². The summed E-state index contributed by atoms with van der Waals surface area (Å²) >= 11 is 0. The van der Waals surface area contributed by atoms with Gasteiger partial charge in [-0.15, -0.1) is 0 Å². The molecule has 0 aromatic heterocycles. The van der Waals surface area contributed by atoms with Gasteiger partial charge < -0.3 is 10.1 Å². The zero-order chi connectivity index (χ0) is 16.8. The fourth-order valence-corrected chi connectivity index (χ4v) is 1.99. The fourth-order valence-electron chi connectivity index (χ4n) is 1.99. The standard InChI is InChI=1S/C19H31NO2/c1-15-7-9-16(10-8-15)17(21)20-13-11-19(5,6)22-14-12-18(2,3)4/h7-10H,11-14H2,1-6H3,(H,20,21). The third-order valence-electron chi connectivity index (χ3n) is 3.67. The van der Waals surface area contributed by atoms with Crippen LogP contribution in [0.3, 0.4) is 0 Å². The Kier molecular flexibility index (Phi) is 6.61. The van der Waals surface area contributed by atoms with Gasteiger partial charge >= 0.3 is 0 Å². The lowest BCUT2D eigenvalue weighted by atomic mass is 9.93. The topological polar surface area (TPSA) is 38.3 Å². The Balaban J connectivity index is 2.32. The van der Waals surface area contributed by atoms with E-state index < -0.39 is 0 Å². The second-order valence-corrected chi connectivity index (χ2v) is 7.79. The minimum atomic E-state index is -0.216. The van der Waals surface area contributed by atoms with Gasteiger partial charge in [0, 0.05) is 18.7 Å². The van der Waals surface area contributed by atoms with E-state index in [4.69, 9.17) is 4.74 Å². The van der Waals surface area contributed by atoms with Gasteiger partial charge in [0.1, 0.15) is 0 Å². The van der Waals surface area contributed by atoms with E-state index in [0.717, 1.165) is 25.0 Å². The number of benzene rings is 1. The van der Waals surface area contributed by atoms with Gasteiger partial charge in [-0.3, -0.25) is 4.79 Å². The maximum absolute atomic E-state index is 12.0. The molecule has 0 fully saturated rings. The van der Waals surface area contributed by atoms with Gasteiger partial charge in [0.2, 0.25) is 0 Å². The summed E-state index contributed by atoms with van der Waals surface area (Å²) in [5.74, 6) is -0.0227. The number of ether oxygens (including phenoxy) is 1. The molecule has 0 spiro atoms. The molecule has 0 atom stereocenters. The molecule has 22 heavy (non-hydrogen) atoms. The molecule has 0 saturated heterocycles. The van der Waals surface area contributed by atoms with Crippen LogP contribution in [0.1, 0.15) is 63.4 Å². The molecule has 0 unspecified atom stereocenters. The molecule has 1 amide bonds. The summed E-state index contributed by atoms with van der Waals surface area (Å²) < 4.78 is 5.96. The summed E-state index contributed by atoms with van der Waals surface area (Å²) in [4.78, 5) is 12.0. The number of nitrogens with one attached hydrogen (secondary N) is 1. The van der Waals surface area contributed by atoms with Crippen LogP contribution in [0.4, 0.5) is 0 Å². The number of rotatable bonds is 7. The van der Waals surface area contributed by atoms with Crippen molar-refractivity contribution in [1.29, 1.82) is 0 Å². The molecular weight excluding hydrogens is 274 g/mol. The van der Waals surface area contributed by atoms with E-state index in [-0.39, 0.29) is 16.9 Å². The van der Waals surface area contributed by atoms with Crippen molar-refractivity contribution < 1.29 is 9.53 Å². The Morgan fingerprint density at radius 1 is 1.05 bits per heavy atom. The highest BCUT2D eigenvalue weighted by atomic mass is 16.5. The van der Waals surface area contributed by atoms with Gasteiger partial charge in [0.15, 0.2) is 0 Å². The second-order valence-electron chi connectivity index (χ2n) is 7.79. The minimum Gasteiger partial charge on any atom is -0.375 e. The Morgan fingerprint density at radius 2 is 1.64 bits per heavy atom. The van der Waals surface area contributed by atoms with Crippen LogP contribution in [0.5, 0.6) is 0 Å². The van der Waals surface area contributed by atoms with Gasteiger partial charge in [-0.1, -0.05) is 38.5 Å². The Morgan fingerprint density at radius 3 is 2.18 bits per heavy atom. The summed E-state index contributed by atoms with van der Waals surface area (Å²) in [6, 6.07) is 7.62. The van der Waals surface area contributed by atoms with Crippen LogP contribution < -0.4 is 5.32 Å². The zero-order valence-corrected chi connectivity index (χ0v) is 15.0. The maximum Gasteiger partial charge on any atom is 0.251 e. The summed E-state index contributed by atoms with van der Waals surface area (Å²) in [5.41, 5.74) is 1.93. The third-order valence-corrected chi connectivity index (χ3v) is 3.67. The molecule has 0 saturated carbocycles. The summed E-state index contributed by atoms with van der Waals surface area (Å²) in [6.45, 7) is 14.2. The van der Waals surface area contributed by atoms with Crippen molar-refractivity contribution in [3.63, 3.8) is 0 Å². The first-order chi connectivity index (χ1) is 10.1. The third kappa shape index (κ3) is 7.60. The zero-order valence-electron chi connectivity index (χ0n) is 15.0. The van der Waals surface area contributed by atoms with Crippen molar-refractivity contribution in [1.82, 2.24) is 5.32 Å². The van der Waals surface area contributed by atoms with Crippen LogP contribution in [-0.2, 0) is 4.74 Å². The predicted octanol–water partition coefficient (Wildman–Crippen LogP) is 4.35. The van der Waals surface area contributed by atoms with E-state index in [0.29, 0.717) is 12.1 Å². The van der Waals surface area contributed by atoms with Crippen molar-refractivity contribution >= 4 is 5.91 Å². The molecule has 1 rings (SSSR count). The van der Waals surface area contributed by atoms with Crippen LogP contribution in [0.2, 0.25) is 0 Å². The lowest BCUT2D eigenvalue weighted by Gasteiger charge is -2.27. The molecule has 3 heteroatoms. The van der Waals surface area contributed by atoms with Gasteiger partial charge in [-0.2, -0.15) is 0 Å². The predicted molar refractivity (Wildman–Crippen MR) is 92.2 cm³/mol. The van der Waals surface area contributed by atoms with Gasteiger partial charge in [0.05, 0.1) is 5.60 Å². The molecular formula is C19H31NO2. The molecule has 0 aliphatic carbocycles. The lowest BCUT2D eigenvalue weighted by Crippen LogP contribution is -2.33. The average molecular weight is 305 g/mol. The van der Waals surface area contributed by atoms with Crippen LogP contribution >= 0.6 is 0 Å². The Labute approximate surface area is 135 Å². The molecule has 0 heterocycles. The lowest BCUT2D eigenvalue weighted by molar-refractivity contribution is -0.0322. The highest BCUT2D eigenvalue weighted by Crippen LogP contribution is 2.21. The first-order valence-electron chi connectivity index (χ1n) is 8.08. The molecule has 1 aromatic carbocycles. The van der Waals surface area contributed by atoms with Crippen molar-refractivity contribution in [2.45, 2.75) is 60.0 Å². The summed E-state index contributed by atoms with van der Waals surface area (Å²) in [6.07, 6.45) is 1.83. The van der Waals surface area contributed by atoms with E-state index >= 15 is 0 Å². The average Bonchev–Trinajstić information content (AvgIpc) is 2.37. The highest BCUT2D eigenvalue weighted by molar-refractivity contribution is 5.94. The Bertz CT molecular complexity index is 469. The number of aryl methyl sites for hydroxylation is 1. The van der Waals surface area contributed by atoms with Crippen LogP contribution in [0.15, 0.2) is 24.3 Å². The molecule has 0 aliphatic rings. The van der Waals surface area contributed by atoms with Crippen molar-refractivity contribution in [2.24, 2.45) is 5.41 Å². The molecule has 1 N–H and O–H groups in total. The number of amides is 1. The molecule has 0 radical (unpaired) electrons.